The van der Waals surface area contributed by atoms with Gasteiger partial charge in [-0.25, -0.2) is 0 Å². The molecule has 3 heteroatoms. The van der Waals surface area contributed by atoms with Gasteiger partial charge in [-0.05, 0) is 6.92 Å². The van der Waals surface area contributed by atoms with Gasteiger partial charge >= 0.3 is 0 Å². The van der Waals surface area contributed by atoms with Gasteiger partial charge in [0.1, 0.15) is 0 Å². The Bertz CT molecular complexity index is 70.1. The highest BCUT2D eigenvalue weighted by Crippen LogP contribution is 1.81. The van der Waals surface area contributed by atoms with E-state index in [-0.39, 0.29) is 0 Å². The normalized spacial score (nSPS) is 18.7. The molecule has 0 aromatic carbocycles. The lowest BCUT2D eigenvalue weighted by atomic mass is 10.5. The lowest BCUT2D eigenvalue weighted by Crippen LogP contribution is -2.10. The van der Waals surface area contributed by atoms with Gasteiger partial charge in [0, 0.05) is 22.8 Å². The van der Waals surface area contributed by atoms with E-state index < -0.39 is 16.9 Å². The highest BCUT2D eigenvalue weighted by molar-refractivity contribution is 7.84. The third kappa shape index (κ3) is 6.11. The number of rotatable bonds is 2. The molecule has 0 radical (unpaired) electrons. The zero-order chi connectivity index (χ0) is 5.86. The molecular weight excluding hydrogens is 112 g/mol. The Labute approximate surface area is 46.0 Å². The van der Waals surface area contributed by atoms with Crippen molar-refractivity contribution in [3.8, 4) is 0 Å². The van der Waals surface area contributed by atoms with Crippen molar-refractivity contribution in [3.63, 3.8) is 0 Å². The average molecular weight is 122 g/mol. The maximum atomic E-state index is 10.2. The van der Waals surface area contributed by atoms with Crippen LogP contribution in [0.3, 0.4) is 0 Å². The molecule has 0 aromatic heterocycles. The van der Waals surface area contributed by atoms with Crippen molar-refractivity contribution in [2.24, 2.45) is 0 Å². The van der Waals surface area contributed by atoms with E-state index in [1.54, 1.807) is 13.2 Å². The van der Waals surface area contributed by atoms with Gasteiger partial charge in [0.2, 0.25) is 0 Å². The molecule has 0 spiro atoms. The summed E-state index contributed by atoms with van der Waals surface area (Å²) in [4.78, 5) is 0. The first-order valence-electron chi connectivity index (χ1n) is 2.11. The lowest BCUT2D eigenvalue weighted by Gasteiger charge is -1.96. The molecule has 0 fully saturated rings. The van der Waals surface area contributed by atoms with E-state index in [0.29, 0.717) is 5.75 Å². The molecule has 0 bridgehead atoms. The van der Waals surface area contributed by atoms with Crippen LogP contribution in [0.1, 0.15) is 6.92 Å². The molecule has 7 heavy (non-hydrogen) atoms. The maximum absolute atomic E-state index is 10.2. The van der Waals surface area contributed by atoms with Crippen LogP contribution in [0.15, 0.2) is 0 Å². The van der Waals surface area contributed by atoms with E-state index in [1.165, 1.54) is 0 Å². The van der Waals surface area contributed by atoms with Crippen LogP contribution in [0.25, 0.3) is 0 Å². The first-order valence-corrected chi connectivity index (χ1v) is 3.83. The Hall–Kier alpha value is 0.110. The number of aliphatic hydroxyl groups is 1. The second kappa shape index (κ2) is 3.16. The van der Waals surface area contributed by atoms with Crippen molar-refractivity contribution < 1.29 is 9.32 Å². The summed E-state index contributed by atoms with van der Waals surface area (Å²) in [5, 5.41) is 8.53. The molecule has 0 aliphatic carbocycles. The molecule has 0 aromatic rings. The van der Waals surface area contributed by atoms with Gasteiger partial charge < -0.3 is 5.11 Å². The number of hydrogen-bond acceptors (Lipinski definition) is 2. The van der Waals surface area contributed by atoms with E-state index in [0.717, 1.165) is 0 Å². The van der Waals surface area contributed by atoms with E-state index in [1.807, 2.05) is 0 Å². The highest BCUT2D eigenvalue weighted by Gasteiger charge is 1.95. The topological polar surface area (TPSA) is 37.3 Å². The van der Waals surface area contributed by atoms with Crippen LogP contribution in [-0.2, 0) is 10.8 Å². The predicted molar refractivity (Wildman–Crippen MR) is 30.6 cm³/mol. The van der Waals surface area contributed by atoms with Gasteiger partial charge in [-0.1, -0.05) is 0 Å². The predicted octanol–water partition coefficient (Wildman–Crippen LogP) is -0.254. The van der Waals surface area contributed by atoms with E-state index in [2.05, 4.69) is 0 Å². The lowest BCUT2D eigenvalue weighted by molar-refractivity contribution is 0.219. The molecule has 44 valence electrons. The van der Waals surface area contributed by atoms with Crippen LogP contribution in [0, 0.1) is 0 Å². The Balaban J connectivity index is 3.13. The molecule has 0 rings (SSSR count). The molecule has 2 nitrogen and oxygen atoms in total. The summed E-state index contributed by atoms with van der Waals surface area (Å²) in [6, 6.07) is 0. The summed E-state index contributed by atoms with van der Waals surface area (Å²) >= 11 is 0. The Kier molecular flexibility index (Phi) is 3.21. The quantitative estimate of drug-likeness (QED) is 0.548. The molecule has 0 heterocycles. The van der Waals surface area contributed by atoms with Crippen molar-refractivity contribution >= 4 is 10.8 Å². The SMILES string of the molecule is CC(O)CS(C)=O. The standard InChI is InChI=1S/C4H10O2S/c1-4(5)3-7(2)6/h4-5H,3H2,1-2H3. The fraction of sp³-hybridized carbons (Fsp3) is 1.00. The summed E-state index contributed by atoms with van der Waals surface area (Å²) in [6.45, 7) is 1.63. The zero-order valence-corrected chi connectivity index (χ0v) is 5.36. The molecule has 0 aliphatic rings. The van der Waals surface area contributed by atoms with Gasteiger partial charge in [0.15, 0.2) is 0 Å². The molecule has 0 aliphatic heterocycles. The fourth-order valence-electron chi connectivity index (χ4n) is 0.340. The van der Waals surface area contributed by atoms with Crippen LogP contribution in [-0.4, -0.2) is 27.4 Å². The monoisotopic (exact) mass is 122 g/mol. The second-order valence-corrected chi connectivity index (χ2v) is 3.07. The molecule has 1 N–H and O–H groups in total. The van der Waals surface area contributed by atoms with Gasteiger partial charge in [-0.3, -0.25) is 4.21 Å². The van der Waals surface area contributed by atoms with Crippen molar-refractivity contribution in [1.82, 2.24) is 0 Å². The van der Waals surface area contributed by atoms with Gasteiger partial charge in [0.25, 0.3) is 0 Å². The number of aliphatic hydroxyl groups excluding tert-OH is 1. The van der Waals surface area contributed by atoms with E-state index in [4.69, 9.17) is 5.11 Å². The van der Waals surface area contributed by atoms with Crippen molar-refractivity contribution in [2.45, 2.75) is 13.0 Å². The van der Waals surface area contributed by atoms with Crippen LogP contribution < -0.4 is 0 Å². The van der Waals surface area contributed by atoms with Crippen molar-refractivity contribution in [2.75, 3.05) is 12.0 Å². The van der Waals surface area contributed by atoms with E-state index >= 15 is 0 Å². The highest BCUT2D eigenvalue weighted by atomic mass is 32.2. The second-order valence-electron chi connectivity index (χ2n) is 1.59. The maximum Gasteiger partial charge on any atom is 0.0627 e. The fourth-order valence-corrected chi connectivity index (χ4v) is 1.02. The molecule has 2 unspecified atom stereocenters. The van der Waals surface area contributed by atoms with Crippen molar-refractivity contribution in [3.05, 3.63) is 0 Å². The minimum atomic E-state index is -0.846. The van der Waals surface area contributed by atoms with Crippen molar-refractivity contribution in [1.29, 1.82) is 0 Å². The third-order valence-corrected chi connectivity index (χ3v) is 1.43. The summed E-state index contributed by atoms with van der Waals surface area (Å²) in [6.07, 6.45) is 1.15. The van der Waals surface area contributed by atoms with Gasteiger partial charge in [-0.2, -0.15) is 0 Å². The van der Waals surface area contributed by atoms with Crippen LogP contribution in [0.2, 0.25) is 0 Å². The zero-order valence-electron chi connectivity index (χ0n) is 4.55. The van der Waals surface area contributed by atoms with Crippen LogP contribution in [0.4, 0.5) is 0 Å². The summed E-state index contributed by atoms with van der Waals surface area (Å²) in [7, 11) is -0.846. The van der Waals surface area contributed by atoms with E-state index in [9.17, 15) is 4.21 Å². The van der Waals surface area contributed by atoms with Crippen LogP contribution >= 0.6 is 0 Å². The van der Waals surface area contributed by atoms with Gasteiger partial charge in [-0.15, -0.1) is 0 Å². The molecule has 0 saturated heterocycles. The first-order chi connectivity index (χ1) is 3.13. The molecular formula is C4H10O2S. The third-order valence-electron chi connectivity index (χ3n) is 0.476. The van der Waals surface area contributed by atoms with Gasteiger partial charge in [0.05, 0.1) is 6.10 Å². The Morgan fingerprint density at radius 3 is 2.29 bits per heavy atom. The molecule has 2 atom stereocenters. The summed E-state index contributed by atoms with van der Waals surface area (Å²) < 4.78 is 10.2. The summed E-state index contributed by atoms with van der Waals surface area (Å²) in [5.74, 6) is 0.389. The smallest absolute Gasteiger partial charge is 0.0627 e. The van der Waals surface area contributed by atoms with Crippen LogP contribution in [0.5, 0.6) is 0 Å². The minimum absolute atomic E-state index is 0.389. The first kappa shape index (κ1) is 7.11. The molecule has 0 amide bonds. The average Bonchev–Trinajstić information content (AvgIpc) is 1.27. The Morgan fingerprint density at radius 2 is 2.29 bits per heavy atom. The molecule has 0 saturated carbocycles. The largest absolute Gasteiger partial charge is 0.392 e. The Morgan fingerprint density at radius 1 is 1.86 bits per heavy atom. The minimum Gasteiger partial charge on any atom is -0.392 e. The number of hydrogen-bond donors (Lipinski definition) is 1. The summed E-state index contributed by atoms with van der Waals surface area (Å²) in [5.41, 5.74) is 0.